The molecule has 0 amide bonds. The van der Waals surface area contributed by atoms with Crippen LogP contribution < -0.4 is 5.73 Å². The summed E-state index contributed by atoms with van der Waals surface area (Å²) in [5, 5.41) is 1.04. The number of hydrogen-bond donors (Lipinski definition) is 1. The van der Waals surface area contributed by atoms with Gasteiger partial charge in [-0.25, -0.2) is 9.97 Å². The molecule has 0 fully saturated rings. The Morgan fingerprint density at radius 3 is 2.15 bits per heavy atom. The van der Waals surface area contributed by atoms with Crippen molar-refractivity contribution in [2.75, 3.05) is 5.73 Å². The topological polar surface area (TPSA) is 64.7 Å². The molecule has 1 aromatic carbocycles. The molecule has 3 aromatic rings. The summed E-state index contributed by atoms with van der Waals surface area (Å²) in [5.74, 6) is 0. The molecule has 0 radical (unpaired) electrons. The van der Waals surface area contributed by atoms with Crippen molar-refractivity contribution in [2.24, 2.45) is 0 Å². The zero-order valence-corrected chi connectivity index (χ0v) is 12.6. The largest absolute Gasteiger partial charge is 0.398 e. The second kappa shape index (κ2) is 9.07. The molecule has 0 aliphatic heterocycles. The first-order chi connectivity index (χ1) is 8.79. The fourth-order valence-electron chi connectivity index (χ4n) is 1.54. The Morgan fingerprint density at radius 2 is 1.60 bits per heavy atom. The van der Waals surface area contributed by atoms with Crippen molar-refractivity contribution in [2.45, 2.75) is 6.92 Å². The SMILES string of the molecule is Cc1ccc2ncccc2c1N.Cl.Cl.c1cncnc1. The maximum Gasteiger partial charge on any atom is 0.115 e. The highest BCUT2D eigenvalue weighted by atomic mass is 35.5. The number of hydrogen-bond acceptors (Lipinski definition) is 4. The van der Waals surface area contributed by atoms with E-state index in [1.165, 1.54) is 6.33 Å². The van der Waals surface area contributed by atoms with Crippen molar-refractivity contribution in [1.29, 1.82) is 0 Å². The molecule has 2 heterocycles. The standard InChI is InChI=1S/C10H10N2.C4H4N2.2ClH/c1-7-4-5-9-8(10(7)11)3-2-6-12-9;1-2-5-4-6-3-1;;/h2-6H,11H2,1H3;1-4H;2*1H. The van der Waals surface area contributed by atoms with Crippen molar-refractivity contribution in [3.8, 4) is 0 Å². The van der Waals surface area contributed by atoms with Gasteiger partial charge in [0, 0.05) is 29.7 Å². The molecular weight excluding hydrogens is 295 g/mol. The van der Waals surface area contributed by atoms with Crippen LogP contribution in [0.5, 0.6) is 0 Å². The van der Waals surface area contributed by atoms with Crippen LogP contribution >= 0.6 is 24.8 Å². The average Bonchev–Trinajstić information content (AvgIpc) is 2.46. The normalized spacial score (nSPS) is 8.65. The minimum absolute atomic E-state index is 0. The summed E-state index contributed by atoms with van der Waals surface area (Å²) in [6.07, 6.45) is 6.65. The molecule has 6 heteroatoms. The summed E-state index contributed by atoms with van der Waals surface area (Å²) < 4.78 is 0. The van der Waals surface area contributed by atoms with Crippen LogP contribution in [-0.2, 0) is 0 Å². The van der Waals surface area contributed by atoms with Gasteiger partial charge in [0.25, 0.3) is 0 Å². The number of nitrogens with two attached hydrogens (primary N) is 1. The predicted octanol–water partition coefficient (Wildman–Crippen LogP) is 3.45. The summed E-state index contributed by atoms with van der Waals surface area (Å²) in [6, 6.07) is 9.65. The van der Waals surface area contributed by atoms with E-state index in [-0.39, 0.29) is 24.8 Å². The van der Waals surface area contributed by atoms with E-state index in [4.69, 9.17) is 5.73 Å². The van der Waals surface area contributed by atoms with Gasteiger partial charge in [-0.3, -0.25) is 4.98 Å². The number of halogens is 2. The lowest BCUT2D eigenvalue weighted by Gasteiger charge is -2.03. The number of fused-ring (bicyclic) bond motifs is 1. The fraction of sp³-hybridized carbons (Fsp3) is 0.0714. The van der Waals surface area contributed by atoms with E-state index in [0.29, 0.717) is 0 Å². The van der Waals surface area contributed by atoms with Gasteiger partial charge in [-0.05, 0) is 36.8 Å². The molecule has 0 aliphatic rings. The van der Waals surface area contributed by atoms with E-state index >= 15 is 0 Å². The predicted molar refractivity (Wildman–Crippen MR) is 87.4 cm³/mol. The van der Waals surface area contributed by atoms with Gasteiger partial charge in [-0.1, -0.05) is 6.07 Å². The number of aryl methyl sites for hydroxylation is 1. The highest BCUT2D eigenvalue weighted by molar-refractivity contribution is 5.91. The molecule has 106 valence electrons. The molecule has 3 rings (SSSR count). The van der Waals surface area contributed by atoms with E-state index in [1.54, 1.807) is 24.7 Å². The van der Waals surface area contributed by atoms with Crippen molar-refractivity contribution in [3.05, 3.63) is 60.8 Å². The monoisotopic (exact) mass is 310 g/mol. The van der Waals surface area contributed by atoms with Crippen molar-refractivity contribution in [1.82, 2.24) is 15.0 Å². The maximum absolute atomic E-state index is 5.88. The highest BCUT2D eigenvalue weighted by Crippen LogP contribution is 2.21. The third-order valence-electron chi connectivity index (χ3n) is 2.52. The molecular formula is C14H16Cl2N4. The number of nitrogen functional groups attached to an aromatic ring is 1. The smallest absolute Gasteiger partial charge is 0.115 e. The quantitative estimate of drug-likeness (QED) is 0.646. The van der Waals surface area contributed by atoms with Gasteiger partial charge < -0.3 is 5.73 Å². The molecule has 0 atom stereocenters. The first-order valence-corrected chi connectivity index (χ1v) is 5.59. The van der Waals surface area contributed by atoms with Crippen LogP contribution in [-0.4, -0.2) is 15.0 Å². The number of pyridine rings is 1. The zero-order valence-electron chi connectivity index (χ0n) is 10.9. The van der Waals surface area contributed by atoms with E-state index in [2.05, 4.69) is 15.0 Å². The summed E-state index contributed by atoms with van der Waals surface area (Å²) in [5.41, 5.74) is 8.78. The second-order valence-corrected chi connectivity index (χ2v) is 3.77. The lowest BCUT2D eigenvalue weighted by Crippen LogP contribution is -1.91. The molecule has 4 nitrogen and oxygen atoms in total. The number of rotatable bonds is 0. The number of aromatic nitrogens is 3. The Morgan fingerprint density at radius 1 is 0.900 bits per heavy atom. The third-order valence-corrected chi connectivity index (χ3v) is 2.52. The Balaban J connectivity index is 0.000000390. The molecule has 2 aromatic heterocycles. The van der Waals surface area contributed by atoms with Crippen LogP contribution in [0.3, 0.4) is 0 Å². The van der Waals surface area contributed by atoms with Crippen LogP contribution in [0.1, 0.15) is 5.56 Å². The van der Waals surface area contributed by atoms with E-state index in [0.717, 1.165) is 22.2 Å². The Hall–Kier alpha value is -1.91. The van der Waals surface area contributed by atoms with Gasteiger partial charge in [0.2, 0.25) is 0 Å². The van der Waals surface area contributed by atoms with Crippen molar-refractivity contribution >= 4 is 41.4 Å². The van der Waals surface area contributed by atoms with Crippen LogP contribution in [0.15, 0.2) is 55.2 Å². The van der Waals surface area contributed by atoms with Gasteiger partial charge in [-0.15, -0.1) is 24.8 Å². The summed E-state index contributed by atoms with van der Waals surface area (Å²) in [4.78, 5) is 11.6. The van der Waals surface area contributed by atoms with Crippen molar-refractivity contribution < 1.29 is 0 Å². The van der Waals surface area contributed by atoms with Gasteiger partial charge in [-0.2, -0.15) is 0 Å². The second-order valence-electron chi connectivity index (χ2n) is 3.77. The van der Waals surface area contributed by atoms with Crippen molar-refractivity contribution in [3.63, 3.8) is 0 Å². The lowest BCUT2D eigenvalue weighted by atomic mass is 10.1. The van der Waals surface area contributed by atoms with E-state index in [9.17, 15) is 0 Å². The molecule has 0 aliphatic carbocycles. The highest BCUT2D eigenvalue weighted by Gasteiger charge is 1.99. The summed E-state index contributed by atoms with van der Waals surface area (Å²) >= 11 is 0. The number of nitrogens with zero attached hydrogens (tertiary/aromatic N) is 3. The van der Waals surface area contributed by atoms with Crippen LogP contribution in [0, 0.1) is 6.92 Å². The molecule has 20 heavy (non-hydrogen) atoms. The molecule has 0 saturated heterocycles. The van der Waals surface area contributed by atoms with Crippen LogP contribution in [0.4, 0.5) is 5.69 Å². The van der Waals surface area contributed by atoms with Gasteiger partial charge in [0.05, 0.1) is 5.52 Å². The zero-order chi connectivity index (χ0) is 12.8. The third kappa shape index (κ3) is 4.64. The Bertz CT molecular complexity index is 606. The maximum atomic E-state index is 5.88. The lowest BCUT2D eigenvalue weighted by molar-refractivity contribution is 1.17. The minimum Gasteiger partial charge on any atom is -0.398 e. The number of anilines is 1. The number of benzene rings is 1. The molecule has 2 N–H and O–H groups in total. The first kappa shape index (κ1) is 18.1. The summed E-state index contributed by atoms with van der Waals surface area (Å²) in [6.45, 7) is 2.00. The van der Waals surface area contributed by atoms with Gasteiger partial charge in [0.1, 0.15) is 6.33 Å². The van der Waals surface area contributed by atoms with Crippen LogP contribution in [0.25, 0.3) is 10.9 Å². The molecule has 0 bridgehead atoms. The Kier molecular flexibility index (Phi) is 8.20. The fourth-order valence-corrected chi connectivity index (χ4v) is 1.54. The summed E-state index contributed by atoms with van der Waals surface area (Å²) in [7, 11) is 0. The first-order valence-electron chi connectivity index (χ1n) is 5.59. The molecule has 0 unspecified atom stereocenters. The van der Waals surface area contributed by atoms with E-state index < -0.39 is 0 Å². The Labute approximate surface area is 130 Å². The van der Waals surface area contributed by atoms with Gasteiger partial charge >= 0.3 is 0 Å². The van der Waals surface area contributed by atoms with E-state index in [1.807, 2.05) is 31.2 Å². The van der Waals surface area contributed by atoms with Gasteiger partial charge in [0.15, 0.2) is 0 Å². The van der Waals surface area contributed by atoms with Crippen LogP contribution in [0.2, 0.25) is 0 Å². The average molecular weight is 311 g/mol. The minimum atomic E-state index is 0. The molecule has 0 saturated carbocycles. The molecule has 0 spiro atoms.